The molecule has 2 nitrogen and oxygen atoms in total. The van der Waals surface area contributed by atoms with E-state index in [2.05, 4.69) is 57.2 Å². The van der Waals surface area contributed by atoms with Gasteiger partial charge in [0.15, 0.2) is 0 Å². The highest BCUT2D eigenvalue weighted by molar-refractivity contribution is 6.73. The maximum absolute atomic E-state index is 3.66. The van der Waals surface area contributed by atoms with Crippen molar-refractivity contribution in [3.05, 3.63) is 6.04 Å². The van der Waals surface area contributed by atoms with Crippen molar-refractivity contribution in [1.82, 2.24) is 9.88 Å². The monoisotopic (exact) mass is 241 g/mol. The quantitative estimate of drug-likeness (QED) is 0.763. The smallest absolute Gasteiger partial charge is 0.120 e. The van der Waals surface area contributed by atoms with Crippen LogP contribution in [-0.4, -0.2) is 30.9 Å². The van der Waals surface area contributed by atoms with Gasteiger partial charge in [0.2, 0.25) is 0 Å². The van der Waals surface area contributed by atoms with E-state index >= 15 is 0 Å². The molecule has 1 saturated heterocycles. The lowest BCUT2D eigenvalue weighted by atomic mass is 9.92. The van der Waals surface area contributed by atoms with Gasteiger partial charge in [0, 0.05) is 18.1 Å². The Morgan fingerprint density at radius 3 is 2.25 bits per heavy atom. The van der Waals surface area contributed by atoms with Gasteiger partial charge in [-0.15, -0.1) is 0 Å². The van der Waals surface area contributed by atoms with Gasteiger partial charge in [0.1, 0.15) is 8.24 Å². The van der Waals surface area contributed by atoms with Gasteiger partial charge in [-0.3, -0.25) is 0 Å². The summed E-state index contributed by atoms with van der Waals surface area (Å²) < 4.78 is 2.83. The molecule has 16 heavy (non-hydrogen) atoms. The molecule has 0 spiro atoms. The van der Waals surface area contributed by atoms with Crippen molar-refractivity contribution in [2.45, 2.75) is 71.8 Å². The van der Waals surface area contributed by atoms with Crippen LogP contribution in [0.25, 0.3) is 0 Å². The van der Waals surface area contributed by atoms with Gasteiger partial charge in [-0.2, -0.15) is 0 Å². The molecular weight excluding hydrogens is 212 g/mol. The number of hydrogen-bond donors (Lipinski definition) is 1. The van der Waals surface area contributed by atoms with Crippen molar-refractivity contribution >= 4 is 8.24 Å². The second-order valence-corrected chi connectivity index (χ2v) is 11.3. The third-order valence-electron chi connectivity index (χ3n) is 3.60. The van der Waals surface area contributed by atoms with E-state index < -0.39 is 8.24 Å². The number of piperazine rings is 1. The van der Waals surface area contributed by atoms with Gasteiger partial charge in [-0.25, -0.2) is 0 Å². The number of hydrogen-bond acceptors (Lipinski definition) is 2. The van der Waals surface area contributed by atoms with E-state index in [1.807, 2.05) is 0 Å². The second-order valence-electron chi connectivity index (χ2n) is 6.51. The molecule has 1 heterocycles. The maximum Gasteiger partial charge on any atom is 0.120 e. The minimum Gasteiger partial charge on any atom is -0.313 e. The summed E-state index contributed by atoms with van der Waals surface area (Å²) in [6.45, 7) is 17.8. The first-order chi connectivity index (χ1) is 7.24. The van der Waals surface area contributed by atoms with Crippen LogP contribution < -0.4 is 5.32 Å². The molecule has 95 valence electrons. The molecule has 1 fully saturated rings. The Bertz CT molecular complexity index is 233. The molecule has 1 aliphatic rings. The Kier molecular flexibility index (Phi) is 4.25. The van der Waals surface area contributed by atoms with Crippen molar-refractivity contribution in [2.24, 2.45) is 0 Å². The van der Waals surface area contributed by atoms with Crippen LogP contribution in [-0.2, 0) is 0 Å². The highest BCUT2D eigenvalue weighted by Gasteiger charge is 2.45. The molecule has 0 bridgehead atoms. The lowest BCUT2D eigenvalue weighted by molar-refractivity contribution is 0.113. The fourth-order valence-corrected chi connectivity index (χ4v) is 6.44. The fraction of sp³-hybridized carbons (Fsp3) is 0.923. The van der Waals surface area contributed by atoms with E-state index in [4.69, 9.17) is 0 Å². The summed E-state index contributed by atoms with van der Waals surface area (Å²) in [7, 11) is -1.26. The minimum absolute atomic E-state index is 0.295. The highest BCUT2D eigenvalue weighted by Crippen LogP contribution is 2.34. The normalized spacial score (nSPS) is 28.3. The molecule has 0 aromatic rings. The van der Waals surface area contributed by atoms with Gasteiger partial charge < -0.3 is 9.88 Å². The zero-order valence-electron chi connectivity index (χ0n) is 12.1. The fourth-order valence-electron chi connectivity index (χ4n) is 3.28. The van der Waals surface area contributed by atoms with E-state index in [9.17, 15) is 0 Å². The summed E-state index contributed by atoms with van der Waals surface area (Å²) in [6.07, 6.45) is 2.39. The van der Waals surface area contributed by atoms with Crippen molar-refractivity contribution in [1.29, 1.82) is 0 Å². The van der Waals surface area contributed by atoms with Crippen molar-refractivity contribution in [3.63, 3.8) is 0 Å². The van der Waals surface area contributed by atoms with E-state index in [1.165, 1.54) is 6.42 Å². The zero-order valence-corrected chi connectivity index (χ0v) is 13.1. The van der Waals surface area contributed by atoms with Crippen molar-refractivity contribution in [2.75, 3.05) is 6.54 Å². The Hall–Kier alpha value is 0.137. The number of nitrogens with one attached hydrogen (secondary N) is 1. The predicted octanol–water partition coefficient (Wildman–Crippen LogP) is 3.23. The topological polar surface area (TPSA) is 15.3 Å². The molecule has 0 amide bonds. The lowest BCUT2D eigenvalue weighted by Crippen LogP contribution is -2.70. The molecule has 1 aliphatic heterocycles. The summed E-state index contributed by atoms with van der Waals surface area (Å²) in [4.78, 5) is 0. The van der Waals surface area contributed by atoms with E-state index in [0.29, 0.717) is 11.6 Å². The molecular formula is C13H29N2Si. The summed E-state index contributed by atoms with van der Waals surface area (Å²) in [5.74, 6) is 0. The van der Waals surface area contributed by atoms with Crippen LogP contribution in [0.15, 0.2) is 0 Å². The summed E-state index contributed by atoms with van der Waals surface area (Å²) >= 11 is 0. The van der Waals surface area contributed by atoms with Gasteiger partial charge in [-0.1, -0.05) is 33.5 Å². The molecule has 1 radical (unpaired) electrons. The van der Waals surface area contributed by atoms with Crippen LogP contribution in [0, 0.1) is 6.04 Å². The van der Waals surface area contributed by atoms with Crippen LogP contribution in [0.3, 0.4) is 0 Å². The maximum atomic E-state index is 3.66. The van der Waals surface area contributed by atoms with Gasteiger partial charge >= 0.3 is 0 Å². The predicted molar refractivity (Wildman–Crippen MR) is 74.9 cm³/mol. The summed E-state index contributed by atoms with van der Waals surface area (Å²) in [5, 5.41) is 3.66. The minimum atomic E-state index is -1.26. The van der Waals surface area contributed by atoms with Gasteiger partial charge in [0.25, 0.3) is 0 Å². The molecule has 0 aromatic carbocycles. The van der Waals surface area contributed by atoms with Crippen LogP contribution in [0.5, 0.6) is 0 Å². The molecule has 0 saturated carbocycles. The summed E-state index contributed by atoms with van der Waals surface area (Å²) in [6, 6.07) is 2.18. The SMILES string of the molecule is CC[C]1NCC(C)(C)N([Si](C)(C)C)C1CC. The first-order valence-corrected chi connectivity index (χ1v) is 10.1. The standard InChI is InChI=1S/C13H29N2Si/c1-8-11-12(9-2)15(16(5,6)7)13(3,4)10-14-11/h12,14H,8-10H2,1-7H3. The molecule has 1 atom stereocenters. The molecule has 1 unspecified atom stereocenters. The van der Waals surface area contributed by atoms with Crippen LogP contribution in [0.1, 0.15) is 40.5 Å². The van der Waals surface area contributed by atoms with Gasteiger partial charge in [-0.05, 0) is 26.7 Å². The molecule has 1 rings (SSSR count). The van der Waals surface area contributed by atoms with Gasteiger partial charge in [0.05, 0.1) is 6.04 Å². The average Bonchev–Trinajstić information content (AvgIpc) is 2.13. The number of nitrogens with zero attached hydrogens (tertiary/aromatic N) is 1. The average molecular weight is 241 g/mol. The van der Waals surface area contributed by atoms with E-state index in [0.717, 1.165) is 13.0 Å². The molecule has 0 aliphatic carbocycles. The zero-order chi connectivity index (χ0) is 12.6. The Morgan fingerprint density at radius 2 is 1.88 bits per heavy atom. The highest BCUT2D eigenvalue weighted by atomic mass is 28.3. The van der Waals surface area contributed by atoms with Crippen molar-refractivity contribution < 1.29 is 0 Å². The Balaban J connectivity index is 3.02. The lowest BCUT2D eigenvalue weighted by Gasteiger charge is -2.56. The van der Waals surface area contributed by atoms with Crippen LogP contribution in [0.4, 0.5) is 0 Å². The number of rotatable bonds is 3. The Labute approximate surface area is 103 Å². The largest absolute Gasteiger partial charge is 0.313 e. The molecule has 0 aromatic heterocycles. The third kappa shape index (κ3) is 2.69. The third-order valence-corrected chi connectivity index (χ3v) is 5.97. The molecule has 3 heteroatoms. The first kappa shape index (κ1) is 14.2. The first-order valence-electron chi connectivity index (χ1n) is 6.63. The van der Waals surface area contributed by atoms with E-state index in [1.54, 1.807) is 6.04 Å². The molecule has 1 N–H and O–H groups in total. The second kappa shape index (κ2) is 4.79. The summed E-state index contributed by atoms with van der Waals surface area (Å²) in [5.41, 5.74) is 0.295. The van der Waals surface area contributed by atoms with Crippen LogP contribution >= 0.6 is 0 Å². The van der Waals surface area contributed by atoms with Crippen LogP contribution in [0.2, 0.25) is 19.6 Å². The van der Waals surface area contributed by atoms with E-state index in [-0.39, 0.29) is 0 Å². The Morgan fingerprint density at radius 1 is 1.31 bits per heavy atom. The van der Waals surface area contributed by atoms with Crippen molar-refractivity contribution in [3.8, 4) is 0 Å².